The Morgan fingerprint density at radius 1 is 1.06 bits per heavy atom. The Morgan fingerprint density at radius 3 is 2.75 bits per heavy atom. The molecule has 32 heavy (non-hydrogen) atoms. The summed E-state index contributed by atoms with van der Waals surface area (Å²) in [6.45, 7) is 4.85. The van der Waals surface area contributed by atoms with E-state index in [-0.39, 0.29) is 11.3 Å². The first-order chi connectivity index (χ1) is 15.3. The molecule has 2 aromatic rings. The van der Waals surface area contributed by atoms with E-state index >= 15 is 0 Å². The second kappa shape index (κ2) is 7.38. The first-order valence-corrected chi connectivity index (χ1v) is 12.9. The largest absolute Gasteiger partial charge is 0.390 e. The zero-order valence-electron chi connectivity index (χ0n) is 19.5. The molecular formula is C27H37N3O2. The Labute approximate surface area is 191 Å². The third-order valence-electron chi connectivity index (χ3n) is 10.3. The second-order valence-corrected chi connectivity index (χ2v) is 12.1. The molecule has 1 N–H and O–H groups in total. The summed E-state index contributed by atoms with van der Waals surface area (Å²) >= 11 is 0. The molecule has 6 rings (SSSR count). The van der Waals surface area contributed by atoms with E-state index in [4.69, 9.17) is 0 Å². The van der Waals surface area contributed by atoms with Crippen molar-refractivity contribution in [3.8, 4) is 0 Å². The standard InChI is InChI=1S/C27H37N3O2/c1-26(32)11-9-18-17(14-26)5-6-20-19(18)10-12-27(2)21(20)7-8-22(27)25(31)16-30-15-24-23(29-30)4-3-13-28-24/h3-4,13,15,17-22,32H,5-12,14,16H2,1-2H3/t17-,18-,19+,20+,21-,22+,26+,27-/m0/s1. The SMILES string of the molecule is C[C@@]1(O)CC[C@H]2[C@@H](CC[C@@H]3[C@@H]2CC[C@]2(C)[C@@H](C(=O)Cn4cc5ncccc5n4)CC[C@@H]32)C1. The maximum absolute atomic E-state index is 13.5. The van der Waals surface area contributed by atoms with Crippen LogP contribution in [0.5, 0.6) is 0 Å². The number of aliphatic hydroxyl groups is 1. The summed E-state index contributed by atoms with van der Waals surface area (Å²) in [4.78, 5) is 17.9. The Balaban J connectivity index is 1.18. The van der Waals surface area contributed by atoms with Crippen LogP contribution in [0.3, 0.4) is 0 Å². The van der Waals surface area contributed by atoms with Crippen molar-refractivity contribution in [2.24, 2.45) is 40.9 Å². The molecule has 0 spiro atoms. The topological polar surface area (TPSA) is 68.0 Å². The van der Waals surface area contributed by atoms with Crippen molar-refractivity contribution in [3.63, 3.8) is 0 Å². The molecule has 5 nitrogen and oxygen atoms in total. The first kappa shape index (κ1) is 20.8. The molecule has 4 fully saturated rings. The summed E-state index contributed by atoms with van der Waals surface area (Å²) < 4.78 is 1.81. The Kier molecular flexibility index (Phi) is 4.80. The van der Waals surface area contributed by atoms with Crippen molar-refractivity contribution in [1.82, 2.24) is 14.8 Å². The normalized spacial score (nSPS) is 43.5. The highest BCUT2D eigenvalue weighted by molar-refractivity contribution is 5.82. The van der Waals surface area contributed by atoms with Gasteiger partial charge < -0.3 is 5.11 Å². The number of hydrogen-bond acceptors (Lipinski definition) is 4. The molecule has 0 saturated heterocycles. The van der Waals surface area contributed by atoms with Crippen molar-refractivity contribution < 1.29 is 9.90 Å². The van der Waals surface area contributed by atoms with Gasteiger partial charge in [-0.2, -0.15) is 5.10 Å². The highest BCUT2D eigenvalue weighted by Gasteiger charge is 2.58. The molecule has 4 aliphatic rings. The van der Waals surface area contributed by atoms with Gasteiger partial charge in [-0.15, -0.1) is 0 Å². The van der Waals surface area contributed by atoms with Gasteiger partial charge in [-0.3, -0.25) is 14.5 Å². The number of aromatic nitrogens is 3. The van der Waals surface area contributed by atoms with Crippen LogP contribution in [-0.4, -0.2) is 31.3 Å². The molecule has 0 unspecified atom stereocenters. The minimum atomic E-state index is -0.450. The number of ketones is 1. The molecule has 2 heterocycles. The van der Waals surface area contributed by atoms with Crippen LogP contribution >= 0.6 is 0 Å². The second-order valence-electron chi connectivity index (χ2n) is 12.1. The van der Waals surface area contributed by atoms with E-state index in [2.05, 4.69) is 17.0 Å². The summed E-state index contributed by atoms with van der Waals surface area (Å²) in [5, 5.41) is 15.2. The number of rotatable bonds is 3. The van der Waals surface area contributed by atoms with E-state index in [1.165, 1.54) is 38.5 Å². The predicted octanol–water partition coefficient (Wildman–Crippen LogP) is 5.02. The van der Waals surface area contributed by atoms with Crippen LogP contribution in [-0.2, 0) is 11.3 Å². The van der Waals surface area contributed by atoms with E-state index < -0.39 is 5.60 Å². The third kappa shape index (κ3) is 3.26. The summed E-state index contributed by atoms with van der Waals surface area (Å²) in [5.41, 5.74) is 1.42. The molecule has 172 valence electrons. The van der Waals surface area contributed by atoms with Crippen LogP contribution < -0.4 is 0 Å². The summed E-state index contributed by atoms with van der Waals surface area (Å²) in [6.07, 6.45) is 14.2. The highest BCUT2D eigenvalue weighted by Crippen LogP contribution is 2.64. The Bertz CT molecular complexity index is 996. The summed E-state index contributed by atoms with van der Waals surface area (Å²) in [7, 11) is 0. The number of carbonyl (C=O) groups excluding carboxylic acids is 1. The predicted molar refractivity (Wildman–Crippen MR) is 124 cm³/mol. The molecule has 0 bridgehead atoms. The monoisotopic (exact) mass is 435 g/mol. The first-order valence-electron chi connectivity index (χ1n) is 12.9. The maximum atomic E-state index is 13.5. The molecule has 5 heteroatoms. The molecule has 8 atom stereocenters. The molecule has 0 aromatic carbocycles. The lowest BCUT2D eigenvalue weighted by Crippen LogP contribution is -2.51. The van der Waals surface area contributed by atoms with Gasteiger partial charge >= 0.3 is 0 Å². The van der Waals surface area contributed by atoms with Crippen LogP contribution in [0, 0.1) is 40.9 Å². The van der Waals surface area contributed by atoms with E-state index in [1.54, 1.807) is 10.9 Å². The number of Topliss-reactive ketones (excluding diaryl/α,β-unsaturated/α-hetero) is 1. The quantitative estimate of drug-likeness (QED) is 0.735. The fraction of sp³-hybridized carbons (Fsp3) is 0.741. The fourth-order valence-electron chi connectivity index (χ4n) is 8.86. The van der Waals surface area contributed by atoms with Gasteiger partial charge in [0.1, 0.15) is 11.0 Å². The van der Waals surface area contributed by atoms with Crippen LogP contribution in [0.25, 0.3) is 11.0 Å². The van der Waals surface area contributed by atoms with Crippen LogP contribution in [0.1, 0.15) is 71.6 Å². The fourth-order valence-corrected chi connectivity index (χ4v) is 8.86. The lowest BCUT2D eigenvalue weighted by molar-refractivity contribution is -0.133. The van der Waals surface area contributed by atoms with Crippen molar-refractivity contribution in [2.45, 2.75) is 83.8 Å². The van der Waals surface area contributed by atoms with Gasteiger partial charge in [0.25, 0.3) is 0 Å². The lowest BCUT2D eigenvalue weighted by Gasteiger charge is -2.56. The molecular weight excluding hydrogens is 398 g/mol. The molecule has 4 aliphatic carbocycles. The average Bonchev–Trinajstić information content (AvgIpc) is 3.32. The van der Waals surface area contributed by atoms with E-state index in [1.807, 2.05) is 25.3 Å². The van der Waals surface area contributed by atoms with Gasteiger partial charge in [-0.1, -0.05) is 6.92 Å². The van der Waals surface area contributed by atoms with E-state index in [0.29, 0.717) is 24.2 Å². The number of nitrogens with zero attached hydrogens (tertiary/aromatic N) is 3. The minimum Gasteiger partial charge on any atom is -0.390 e. The summed E-state index contributed by atoms with van der Waals surface area (Å²) in [5.74, 6) is 4.34. The van der Waals surface area contributed by atoms with Gasteiger partial charge in [0.2, 0.25) is 0 Å². The molecule has 4 saturated carbocycles. The number of hydrogen-bond donors (Lipinski definition) is 1. The molecule has 0 aliphatic heterocycles. The zero-order chi connectivity index (χ0) is 22.1. The van der Waals surface area contributed by atoms with Crippen molar-refractivity contribution in [3.05, 3.63) is 24.5 Å². The van der Waals surface area contributed by atoms with E-state index in [0.717, 1.165) is 48.0 Å². The molecule has 0 amide bonds. The van der Waals surface area contributed by atoms with Crippen LogP contribution in [0.4, 0.5) is 0 Å². The van der Waals surface area contributed by atoms with Gasteiger partial charge in [0.05, 0.1) is 18.3 Å². The van der Waals surface area contributed by atoms with Crippen LogP contribution in [0.2, 0.25) is 0 Å². The number of fused-ring (bicyclic) bond motifs is 6. The van der Waals surface area contributed by atoms with Crippen LogP contribution in [0.15, 0.2) is 24.5 Å². The maximum Gasteiger partial charge on any atom is 0.157 e. The third-order valence-corrected chi connectivity index (χ3v) is 10.3. The van der Waals surface area contributed by atoms with Gasteiger partial charge in [0, 0.05) is 12.1 Å². The number of pyridine rings is 1. The van der Waals surface area contributed by atoms with E-state index in [9.17, 15) is 9.90 Å². The average molecular weight is 436 g/mol. The minimum absolute atomic E-state index is 0.149. The Morgan fingerprint density at radius 2 is 1.91 bits per heavy atom. The molecule has 2 aromatic heterocycles. The van der Waals surface area contributed by atoms with Crippen molar-refractivity contribution in [2.75, 3.05) is 0 Å². The smallest absolute Gasteiger partial charge is 0.157 e. The summed E-state index contributed by atoms with van der Waals surface area (Å²) in [6, 6.07) is 3.85. The zero-order valence-corrected chi connectivity index (χ0v) is 19.5. The molecule has 0 radical (unpaired) electrons. The van der Waals surface area contributed by atoms with Gasteiger partial charge in [0.15, 0.2) is 5.78 Å². The number of carbonyl (C=O) groups is 1. The van der Waals surface area contributed by atoms with Crippen molar-refractivity contribution >= 4 is 16.8 Å². The Hall–Kier alpha value is -1.75. The lowest BCUT2D eigenvalue weighted by atomic mass is 9.49. The van der Waals surface area contributed by atoms with Crippen molar-refractivity contribution in [1.29, 1.82) is 0 Å². The van der Waals surface area contributed by atoms with Gasteiger partial charge in [-0.05, 0) is 112 Å². The van der Waals surface area contributed by atoms with Gasteiger partial charge in [-0.25, -0.2) is 0 Å². The highest BCUT2D eigenvalue weighted by atomic mass is 16.3.